The number of rotatable bonds is 6. The molecule has 0 aliphatic carbocycles. The minimum Gasteiger partial charge on any atom is -0.378 e. The maximum atomic E-state index is 5.54. The van der Waals surface area contributed by atoms with Crippen LogP contribution in [0.1, 0.15) is 0 Å². The van der Waals surface area contributed by atoms with Crippen molar-refractivity contribution < 1.29 is 4.74 Å². The van der Waals surface area contributed by atoms with E-state index in [4.69, 9.17) is 14.8 Å². The van der Waals surface area contributed by atoms with Gasteiger partial charge in [-0.05, 0) is 19.2 Å². The number of ether oxygens (including phenoxy) is 1. The number of aromatic nitrogens is 7. The van der Waals surface area contributed by atoms with Crippen LogP contribution in [0.25, 0.3) is 28.4 Å². The van der Waals surface area contributed by atoms with E-state index < -0.39 is 0 Å². The summed E-state index contributed by atoms with van der Waals surface area (Å²) in [4.78, 5) is 11.9. The molecule has 5 heterocycles. The molecule has 4 aromatic rings. The molecule has 0 aromatic carbocycles. The summed E-state index contributed by atoms with van der Waals surface area (Å²) in [7, 11) is 3.84. The summed E-state index contributed by atoms with van der Waals surface area (Å²) >= 11 is 0. The van der Waals surface area contributed by atoms with E-state index in [2.05, 4.69) is 30.9 Å². The van der Waals surface area contributed by atoms with E-state index in [1.807, 2.05) is 49.6 Å². The molecule has 0 saturated carbocycles. The van der Waals surface area contributed by atoms with E-state index >= 15 is 0 Å². The van der Waals surface area contributed by atoms with Crippen molar-refractivity contribution in [3.05, 3.63) is 36.9 Å². The Kier molecular flexibility index (Phi) is 4.93. The molecular weight excluding hydrogens is 382 g/mol. The molecule has 4 aromatic heterocycles. The maximum Gasteiger partial charge on any atom is 0.164 e. The van der Waals surface area contributed by atoms with Crippen LogP contribution >= 0.6 is 0 Å². The van der Waals surface area contributed by atoms with Crippen molar-refractivity contribution >= 4 is 16.9 Å². The van der Waals surface area contributed by atoms with Gasteiger partial charge in [0.15, 0.2) is 11.5 Å². The predicted octanol–water partition coefficient (Wildman–Crippen LogP) is 1.07. The van der Waals surface area contributed by atoms with Gasteiger partial charge in [-0.3, -0.25) is 4.68 Å². The van der Waals surface area contributed by atoms with Crippen molar-refractivity contribution in [2.24, 2.45) is 7.05 Å². The number of aryl methyl sites for hydroxylation is 1. The second kappa shape index (κ2) is 7.88. The summed E-state index contributed by atoms with van der Waals surface area (Å²) in [6, 6.07) is 5.98. The normalized spacial score (nSPS) is 14.7. The molecule has 10 heteroatoms. The fourth-order valence-electron chi connectivity index (χ4n) is 3.70. The number of morpholine rings is 1. The predicted molar refractivity (Wildman–Crippen MR) is 114 cm³/mol. The Labute approximate surface area is 174 Å². The van der Waals surface area contributed by atoms with Gasteiger partial charge in [-0.15, -0.1) is 0 Å². The van der Waals surface area contributed by atoms with Gasteiger partial charge >= 0.3 is 0 Å². The lowest BCUT2D eigenvalue weighted by Crippen LogP contribution is -2.36. The molecule has 0 amide bonds. The Morgan fingerprint density at radius 1 is 1.10 bits per heavy atom. The van der Waals surface area contributed by atoms with Crippen LogP contribution in [0.15, 0.2) is 36.9 Å². The third-order valence-corrected chi connectivity index (χ3v) is 5.29. The van der Waals surface area contributed by atoms with E-state index in [1.165, 1.54) is 0 Å². The number of hydrogen-bond acceptors (Lipinski definition) is 7. The third kappa shape index (κ3) is 3.44. The van der Waals surface area contributed by atoms with E-state index in [0.29, 0.717) is 13.2 Å². The van der Waals surface area contributed by atoms with Crippen molar-refractivity contribution in [2.75, 3.05) is 44.8 Å². The monoisotopic (exact) mass is 407 g/mol. The fourth-order valence-corrected chi connectivity index (χ4v) is 3.70. The highest BCUT2D eigenvalue weighted by atomic mass is 16.5. The molecule has 1 N–H and O–H groups in total. The molecule has 0 atom stereocenters. The minimum absolute atomic E-state index is 0.713. The summed E-state index contributed by atoms with van der Waals surface area (Å²) in [6.07, 6.45) is 5.70. The van der Waals surface area contributed by atoms with Crippen LogP contribution in [0, 0.1) is 0 Å². The van der Waals surface area contributed by atoms with Gasteiger partial charge in [0.2, 0.25) is 0 Å². The van der Waals surface area contributed by atoms with Crippen LogP contribution in [0.4, 0.5) is 5.69 Å². The first-order valence-electron chi connectivity index (χ1n) is 10.1. The van der Waals surface area contributed by atoms with E-state index in [0.717, 1.165) is 60.2 Å². The van der Waals surface area contributed by atoms with Gasteiger partial charge < -0.3 is 19.5 Å². The van der Waals surface area contributed by atoms with Crippen molar-refractivity contribution in [1.82, 2.24) is 39.4 Å². The topological polar surface area (TPSA) is 90.9 Å². The average molecular weight is 407 g/mol. The summed E-state index contributed by atoms with van der Waals surface area (Å²) < 4.78 is 11.2. The van der Waals surface area contributed by atoms with Gasteiger partial charge in [-0.1, -0.05) is 0 Å². The molecular formula is C20H25N9O. The lowest BCUT2D eigenvalue weighted by molar-refractivity contribution is 0.123. The first-order valence-corrected chi connectivity index (χ1v) is 10.1. The molecule has 1 aliphatic rings. The fraction of sp³-hybridized carbons (Fsp3) is 0.400. The molecule has 0 bridgehead atoms. The van der Waals surface area contributed by atoms with Crippen molar-refractivity contribution in [3.63, 3.8) is 0 Å². The van der Waals surface area contributed by atoms with Crippen LogP contribution in [0.2, 0.25) is 0 Å². The molecule has 30 heavy (non-hydrogen) atoms. The summed E-state index contributed by atoms with van der Waals surface area (Å²) in [5.74, 6) is 0.761. The Morgan fingerprint density at radius 3 is 2.67 bits per heavy atom. The number of fused-ring (bicyclic) bond motifs is 1. The molecule has 1 fully saturated rings. The summed E-state index contributed by atoms with van der Waals surface area (Å²) in [5.41, 5.74) is 4.49. The van der Waals surface area contributed by atoms with E-state index in [1.54, 1.807) is 4.68 Å². The number of nitrogens with zero attached hydrogens (tertiary/aromatic N) is 8. The average Bonchev–Trinajstić information content (AvgIpc) is 3.51. The van der Waals surface area contributed by atoms with E-state index in [-0.39, 0.29) is 0 Å². The minimum atomic E-state index is 0.713. The Hall–Kier alpha value is -3.24. The number of likely N-dealkylation sites (N-methyl/N-ethyl adjacent to an activating group) is 1. The van der Waals surface area contributed by atoms with Crippen molar-refractivity contribution in [3.8, 4) is 17.2 Å². The van der Waals surface area contributed by atoms with Gasteiger partial charge in [0, 0.05) is 51.7 Å². The van der Waals surface area contributed by atoms with Crippen LogP contribution in [-0.2, 0) is 18.3 Å². The molecule has 5 rings (SSSR count). The van der Waals surface area contributed by atoms with Crippen molar-refractivity contribution in [1.29, 1.82) is 0 Å². The number of nitrogens with one attached hydrogen (secondary N) is 1. The zero-order valence-electron chi connectivity index (χ0n) is 17.2. The first-order chi connectivity index (χ1) is 14.7. The molecule has 1 aliphatic heterocycles. The second-order valence-corrected chi connectivity index (χ2v) is 7.33. The maximum absolute atomic E-state index is 5.54. The smallest absolute Gasteiger partial charge is 0.164 e. The second-order valence-electron chi connectivity index (χ2n) is 7.33. The molecule has 0 spiro atoms. The van der Waals surface area contributed by atoms with E-state index in [9.17, 15) is 0 Å². The SMILES string of the molecule is CNCCn1cnc2c(N3CCOCC3)cc(-n3ccc(-c4ccn(C)n4)n3)nc21. The molecule has 1 saturated heterocycles. The van der Waals surface area contributed by atoms with Crippen LogP contribution < -0.4 is 10.2 Å². The highest BCUT2D eigenvalue weighted by molar-refractivity contribution is 5.87. The zero-order valence-corrected chi connectivity index (χ0v) is 17.2. The van der Waals surface area contributed by atoms with Gasteiger partial charge in [0.25, 0.3) is 0 Å². The molecule has 156 valence electrons. The third-order valence-electron chi connectivity index (χ3n) is 5.29. The van der Waals surface area contributed by atoms with Gasteiger partial charge in [-0.25, -0.2) is 14.6 Å². The quantitative estimate of drug-likeness (QED) is 0.511. The van der Waals surface area contributed by atoms with Crippen LogP contribution in [0.5, 0.6) is 0 Å². The largest absolute Gasteiger partial charge is 0.378 e. The number of hydrogen-bond donors (Lipinski definition) is 1. The van der Waals surface area contributed by atoms with Crippen LogP contribution in [0.3, 0.4) is 0 Å². The number of anilines is 1. The Bertz CT molecular complexity index is 1150. The van der Waals surface area contributed by atoms with Crippen molar-refractivity contribution in [2.45, 2.75) is 6.54 Å². The highest BCUT2D eigenvalue weighted by Gasteiger charge is 2.20. The molecule has 0 unspecified atom stereocenters. The number of imidazole rings is 1. The Balaban J connectivity index is 1.59. The zero-order chi connectivity index (χ0) is 20.5. The lowest BCUT2D eigenvalue weighted by atomic mass is 10.2. The van der Waals surface area contributed by atoms with Gasteiger partial charge in [0.1, 0.15) is 16.9 Å². The summed E-state index contributed by atoms with van der Waals surface area (Å²) in [6.45, 7) is 4.73. The van der Waals surface area contributed by atoms with Gasteiger partial charge in [0.05, 0.1) is 25.2 Å². The molecule has 10 nitrogen and oxygen atoms in total. The standard InChI is InChI=1S/C20H25N9O/c1-21-5-8-28-14-22-19-17(27-9-11-30-12-10-27)13-18(23-20(19)28)29-7-4-16(25-29)15-3-6-26(2)24-15/h3-4,6-7,13-14,21H,5,8-12H2,1-2H3. The highest BCUT2D eigenvalue weighted by Crippen LogP contribution is 2.28. The van der Waals surface area contributed by atoms with Gasteiger partial charge in [-0.2, -0.15) is 10.2 Å². The Morgan fingerprint density at radius 2 is 1.90 bits per heavy atom. The molecule has 0 radical (unpaired) electrons. The number of pyridine rings is 1. The summed E-state index contributed by atoms with van der Waals surface area (Å²) in [5, 5.41) is 12.4. The first kappa shape index (κ1) is 18.8. The van der Waals surface area contributed by atoms with Crippen LogP contribution in [-0.4, -0.2) is 74.0 Å². The lowest BCUT2D eigenvalue weighted by Gasteiger charge is -2.29.